The van der Waals surface area contributed by atoms with Crippen molar-refractivity contribution >= 4 is 5.91 Å². The van der Waals surface area contributed by atoms with Crippen LogP contribution in [0.25, 0.3) is 0 Å². The summed E-state index contributed by atoms with van der Waals surface area (Å²) in [6.45, 7) is 0.684. The maximum absolute atomic E-state index is 12.1. The van der Waals surface area contributed by atoms with E-state index in [1.807, 2.05) is 30.3 Å². The van der Waals surface area contributed by atoms with Gasteiger partial charge in [-0.1, -0.05) is 30.3 Å². The van der Waals surface area contributed by atoms with Crippen LogP contribution < -0.4 is 19.5 Å². The average molecular weight is 357 g/mol. The van der Waals surface area contributed by atoms with Gasteiger partial charge < -0.3 is 19.5 Å². The lowest BCUT2D eigenvalue weighted by molar-refractivity contribution is -0.121. The quantitative estimate of drug-likeness (QED) is 0.662. The minimum Gasteiger partial charge on any atom is -0.493 e. The molecule has 0 aliphatic rings. The van der Waals surface area contributed by atoms with Crippen molar-refractivity contribution in [1.29, 1.82) is 0 Å². The summed E-state index contributed by atoms with van der Waals surface area (Å²) in [6, 6.07) is 14.0. The average Bonchev–Trinajstić information content (AvgIpc) is 2.69. The predicted octanol–water partition coefficient (Wildman–Crippen LogP) is 3.39. The molecule has 0 spiro atoms. The highest BCUT2D eigenvalue weighted by atomic mass is 16.5. The van der Waals surface area contributed by atoms with Crippen LogP contribution in [0.5, 0.6) is 17.2 Å². The van der Waals surface area contributed by atoms with Gasteiger partial charge in [0.05, 0.1) is 21.3 Å². The van der Waals surface area contributed by atoms with Gasteiger partial charge in [-0.2, -0.15) is 0 Å². The summed E-state index contributed by atoms with van der Waals surface area (Å²) in [4.78, 5) is 12.1. The van der Waals surface area contributed by atoms with Gasteiger partial charge in [-0.25, -0.2) is 0 Å². The zero-order valence-electron chi connectivity index (χ0n) is 15.7. The van der Waals surface area contributed by atoms with Crippen LogP contribution >= 0.6 is 0 Å². The van der Waals surface area contributed by atoms with E-state index in [4.69, 9.17) is 14.2 Å². The van der Waals surface area contributed by atoms with Crippen molar-refractivity contribution in [1.82, 2.24) is 5.32 Å². The Hall–Kier alpha value is -2.69. The number of carbonyl (C=O) groups excluding carboxylic acids is 1. The van der Waals surface area contributed by atoms with Gasteiger partial charge in [-0.05, 0) is 42.5 Å². The molecule has 0 heterocycles. The van der Waals surface area contributed by atoms with Gasteiger partial charge in [0.25, 0.3) is 0 Å². The number of carbonyl (C=O) groups is 1. The van der Waals surface area contributed by atoms with Gasteiger partial charge in [-0.3, -0.25) is 4.79 Å². The van der Waals surface area contributed by atoms with Gasteiger partial charge in [0, 0.05) is 13.0 Å². The van der Waals surface area contributed by atoms with E-state index in [-0.39, 0.29) is 5.91 Å². The monoisotopic (exact) mass is 357 g/mol. The van der Waals surface area contributed by atoms with Crippen molar-refractivity contribution < 1.29 is 19.0 Å². The van der Waals surface area contributed by atoms with E-state index in [2.05, 4.69) is 17.4 Å². The number of rotatable bonds is 10. The first-order chi connectivity index (χ1) is 12.7. The van der Waals surface area contributed by atoms with E-state index in [0.717, 1.165) is 18.4 Å². The van der Waals surface area contributed by atoms with Crippen LogP contribution in [0.2, 0.25) is 0 Å². The largest absolute Gasteiger partial charge is 0.493 e. The summed E-state index contributed by atoms with van der Waals surface area (Å²) < 4.78 is 16.0. The van der Waals surface area contributed by atoms with Crippen LogP contribution in [-0.2, 0) is 17.6 Å². The maximum Gasteiger partial charge on any atom is 0.220 e. The molecule has 5 heteroatoms. The summed E-state index contributed by atoms with van der Waals surface area (Å²) in [6.07, 6.45) is 2.93. The summed E-state index contributed by atoms with van der Waals surface area (Å²) in [5.41, 5.74) is 2.26. The molecule has 1 N–H and O–H groups in total. The molecule has 5 nitrogen and oxygen atoms in total. The Morgan fingerprint density at radius 3 is 2.12 bits per heavy atom. The zero-order chi connectivity index (χ0) is 18.8. The van der Waals surface area contributed by atoms with Gasteiger partial charge in [-0.15, -0.1) is 0 Å². The topological polar surface area (TPSA) is 56.8 Å². The number of ether oxygens (including phenoxy) is 3. The lowest BCUT2D eigenvalue weighted by atomic mass is 10.1. The first-order valence-electron chi connectivity index (χ1n) is 8.77. The molecule has 140 valence electrons. The molecule has 0 saturated carbocycles. The molecule has 2 aromatic carbocycles. The molecule has 2 aromatic rings. The highest BCUT2D eigenvalue weighted by Gasteiger charge is 2.13. The van der Waals surface area contributed by atoms with E-state index in [0.29, 0.717) is 36.6 Å². The maximum atomic E-state index is 12.1. The molecule has 0 atom stereocenters. The number of nitrogens with one attached hydrogen (secondary N) is 1. The number of benzene rings is 2. The molecular weight excluding hydrogens is 330 g/mol. The van der Waals surface area contributed by atoms with E-state index in [1.54, 1.807) is 21.3 Å². The second-order valence-electron chi connectivity index (χ2n) is 5.97. The fraction of sp³-hybridized carbons (Fsp3) is 0.381. The third-order valence-electron chi connectivity index (χ3n) is 4.17. The molecule has 0 aromatic heterocycles. The third-order valence-corrected chi connectivity index (χ3v) is 4.17. The van der Waals surface area contributed by atoms with Crippen molar-refractivity contribution in [3.63, 3.8) is 0 Å². The van der Waals surface area contributed by atoms with Crippen molar-refractivity contribution in [3.05, 3.63) is 53.6 Å². The number of methoxy groups -OCH3 is 3. The molecule has 0 radical (unpaired) electrons. The number of amides is 1. The smallest absolute Gasteiger partial charge is 0.220 e. The predicted molar refractivity (Wildman–Crippen MR) is 102 cm³/mol. The SMILES string of the molecule is COc1cc(CCC(=O)NCCCc2ccccc2)cc(OC)c1OC. The molecule has 0 unspecified atom stereocenters. The van der Waals surface area contributed by atoms with Crippen LogP contribution in [0.4, 0.5) is 0 Å². The third kappa shape index (κ3) is 5.69. The second kappa shape index (κ2) is 10.3. The fourth-order valence-electron chi connectivity index (χ4n) is 2.79. The van der Waals surface area contributed by atoms with Crippen LogP contribution in [-0.4, -0.2) is 33.8 Å². The van der Waals surface area contributed by atoms with Crippen LogP contribution in [0.3, 0.4) is 0 Å². The Balaban J connectivity index is 1.79. The van der Waals surface area contributed by atoms with Crippen LogP contribution in [0, 0.1) is 0 Å². The van der Waals surface area contributed by atoms with E-state index >= 15 is 0 Å². The summed E-state index contributed by atoms with van der Waals surface area (Å²) in [7, 11) is 4.74. The second-order valence-corrected chi connectivity index (χ2v) is 5.97. The Labute approximate surface area is 155 Å². The van der Waals surface area contributed by atoms with Crippen LogP contribution in [0.1, 0.15) is 24.0 Å². The number of aryl methyl sites for hydroxylation is 2. The highest BCUT2D eigenvalue weighted by molar-refractivity contribution is 5.76. The molecule has 1 amide bonds. The van der Waals surface area contributed by atoms with E-state index in [9.17, 15) is 4.79 Å². The fourth-order valence-corrected chi connectivity index (χ4v) is 2.79. The normalized spacial score (nSPS) is 10.3. The Morgan fingerprint density at radius 1 is 0.885 bits per heavy atom. The van der Waals surface area contributed by atoms with Gasteiger partial charge in [0.1, 0.15) is 0 Å². The van der Waals surface area contributed by atoms with Crippen molar-refractivity contribution in [2.75, 3.05) is 27.9 Å². The van der Waals surface area contributed by atoms with Crippen LogP contribution in [0.15, 0.2) is 42.5 Å². The first-order valence-corrected chi connectivity index (χ1v) is 8.77. The summed E-state index contributed by atoms with van der Waals surface area (Å²) in [5.74, 6) is 1.81. The Kier molecular flexibility index (Phi) is 7.80. The molecule has 0 aliphatic carbocycles. The molecule has 0 aliphatic heterocycles. The van der Waals surface area contributed by atoms with E-state index in [1.165, 1.54) is 5.56 Å². The Morgan fingerprint density at radius 2 is 1.54 bits per heavy atom. The molecule has 0 fully saturated rings. The number of hydrogen-bond acceptors (Lipinski definition) is 4. The Bertz CT molecular complexity index is 675. The zero-order valence-corrected chi connectivity index (χ0v) is 15.7. The molecule has 0 saturated heterocycles. The molecule has 2 rings (SSSR count). The van der Waals surface area contributed by atoms with Gasteiger partial charge >= 0.3 is 0 Å². The first kappa shape index (κ1) is 19.6. The van der Waals surface area contributed by atoms with Gasteiger partial charge in [0.15, 0.2) is 11.5 Å². The summed E-state index contributed by atoms with van der Waals surface area (Å²) >= 11 is 0. The lowest BCUT2D eigenvalue weighted by Gasteiger charge is -2.14. The van der Waals surface area contributed by atoms with Crippen molar-refractivity contribution in [2.24, 2.45) is 0 Å². The molecule has 26 heavy (non-hydrogen) atoms. The lowest BCUT2D eigenvalue weighted by Crippen LogP contribution is -2.25. The van der Waals surface area contributed by atoms with E-state index < -0.39 is 0 Å². The number of hydrogen-bond donors (Lipinski definition) is 1. The molecular formula is C21H27NO4. The highest BCUT2D eigenvalue weighted by Crippen LogP contribution is 2.38. The standard InChI is InChI=1S/C21H27NO4/c1-24-18-14-17(15-19(25-2)21(18)26-3)11-12-20(23)22-13-7-10-16-8-5-4-6-9-16/h4-6,8-9,14-15H,7,10-13H2,1-3H3,(H,22,23). The summed E-state index contributed by atoms with van der Waals surface area (Å²) in [5, 5.41) is 2.98. The minimum absolute atomic E-state index is 0.0480. The van der Waals surface area contributed by atoms with Crippen molar-refractivity contribution in [3.8, 4) is 17.2 Å². The van der Waals surface area contributed by atoms with Gasteiger partial charge in [0.2, 0.25) is 11.7 Å². The van der Waals surface area contributed by atoms with Crippen molar-refractivity contribution in [2.45, 2.75) is 25.7 Å². The minimum atomic E-state index is 0.0480. The molecule has 0 bridgehead atoms.